The zero-order valence-corrected chi connectivity index (χ0v) is 32.9. The number of rotatable bonds is 18. The summed E-state index contributed by atoms with van der Waals surface area (Å²) in [6, 6.07) is 11.1. The highest BCUT2D eigenvalue weighted by Gasteiger charge is 2.46. The Morgan fingerprint density at radius 1 is 0.897 bits per heavy atom. The maximum atomic E-state index is 13.1. The minimum absolute atomic E-state index is 0.0354. The molecule has 5 N–H and O–H groups in total. The lowest BCUT2D eigenvalue weighted by Gasteiger charge is -2.23. The Balaban J connectivity index is 1.15. The minimum Gasteiger partial charge on any atom is -0.467 e. The molecule has 0 spiro atoms. The maximum absolute atomic E-state index is 13.1. The van der Waals surface area contributed by atoms with Gasteiger partial charge in [0.05, 0.1) is 12.6 Å². The van der Waals surface area contributed by atoms with Crippen LogP contribution >= 0.6 is 11.6 Å². The number of nitrogens with one attached hydrogen (secondary N) is 5. The number of hydrogen-bond donors (Lipinski definition) is 5. The average molecular weight is 833 g/mol. The lowest BCUT2D eigenvalue weighted by molar-refractivity contribution is -0.154. The number of alkyl halides is 3. The second-order valence-corrected chi connectivity index (χ2v) is 15.4. The van der Waals surface area contributed by atoms with Gasteiger partial charge in [-0.2, -0.15) is 28.1 Å². The number of hydrogen-bond acceptors (Lipinski definition) is 13. The van der Waals surface area contributed by atoms with E-state index >= 15 is 0 Å². The molecule has 2 saturated carbocycles. The van der Waals surface area contributed by atoms with Crippen LogP contribution in [0.25, 0.3) is 0 Å². The van der Waals surface area contributed by atoms with Crippen molar-refractivity contribution in [3.05, 3.63) is 64.7 Å². The molecule has 3 aromatic rings. The summed E-state index contributed by atoms with van der Waals surface area (Å²) < 4.78 is 53.9. The maximum Gasteiger partial charge on any atom is 0.422 e. The third-order valence-corrected chi connectivity index (χ3v) is 9.35. The van der Waals surface area contributed by atoms with Crippen molar-refractivity contribution < 1.29 is 51.4 Å². The number of halogens is 4. The van der Waals surface area contributed by atoms with Gasteiger partial charge in [0.15, 0.2) is 6.61 Å². The van der Waals surface area contributed by atoms with Crippen molar-refractivity contribution in [2.24, 2.45) is 0 Å². The van der Waals surface area contributed by atoms with Crippen molar-refractivity contribution in [1.29, 1.82) is 0 Å². The minimum atomic E-state index is -4.64. The molecule has 312 valence electrons. The van der Waals surface area contributed by atoms with E-state index in [2.05, 4.69) is 41.5 Å². The van der Waals surface area contributed by atoms with E-state index in [0.29, 0.717) is 36.4 Å². The summed E-state index contributed by atoms with van der Waals surface area (Å²) in [4.78, 5) is 75.2. The Labute approximate surface area is 336 Å². The predicted octanol–water partition coefficient (Wildman–Crippen LogP) is 5.50. The van der Waals surface area contributed by atoms with Crippen molar-refractivity contribution >= 4 is 58.8 Å². The third-order valence-electron chi connectivity index (χ3n) is 9.09. The highest BCUT2D eigenvalue weighted by molar-refractivity contribution is 6.36. The van der Waals surface area contributed by atoms with Crippen molar-refractivity contribution in [3.8, 4) is 6.01 Å². The van der Waals surface area contributed by atoms with Gasteiger partial charge in [-0.3, -0.25) is 14.4 Å². The lowest BCUT2D eigenvalue weighted by Crippen LogP contribution is -2.44. The molecule has 0 radical (unpaired) electrons. The zero-order valence-electron chi connectivity index (χ0n) is 32.2. The molecule has 1 aromatic heterocycles. The number of amides is 3. The van der Waals surface area contributed by atoms with Gasteiger partial charge < -0.3 is 40.8 Å². The topological polar surface area (TPSA) is 212 Å². The molecule has 0 saturated heterocycles. The number of ether oxygens (including phenoxy) is 3. The van der Waals surface area contributed by atoms with Crippen LogP contribution < -0.4 is 31.3 Å². The number of anilines is 3. The number of nitrogens with zero attached hydrogens (tertiary/aromatic N) is 3. The van der Waals surface area contributed by atoms with E-state index in [-0.39, 0.29) is 43.3 Å². The van der Waals surface area contributed by atoms with Crippen LogP contribution in [-0.4, -0.2) is 88.2 Å². The molecule has 2 aliphatic rings. The molecule has 2 aromatic carbocycles. The number of carbonyl (C=O) groups excluding carboxylic acids is 5. The zero-order chi connectivity index (χ0) is 42.3. The Morgan fingerprint density at radius 3 is 2.14 bits per heavy atom. The van der Waals surface area contributed by atoms with E-state index < -0.39 is 71.2 Å². The van der Waals surface area contributed by atoms with Gasteiger partial charge in [0.2, 0.25) is 17.7 Å². The number of esters is 1. The third kappa shape index (κ3) is 12.9. The summed E-state index contributed by atoms with van der Waals surface area (Å²) >= 11 is 6.03. The largest absolute Gasteiger partial charge is 0.467 e. The van der Waals surface area contributed by atoms with E-state index in [1.165, 1.54) is 24.3 Å². The number of benzene rings is 2. The second-order valence-electron chi connectivity index (χ2n) is 15.0. The summed E-state index contributed by atoms with van der Waals surface area (Å²) in [5.74, 6) is -3.21. The molecule has 3 amide bonds. The molecule has 2 fully saturated rings. The number of alkyl carbamates (subject to hydrolysis) is 1. The van der Waals surface area contributed by atoms with Gasteiger partial charge in [-0.05, 0) is 101 Å². The summed E-state index contributed by atoms with van der Waals surface area (Å²) in [5.41, 5.74) is -0.490. The first-order valence-corrected chi connectivity index (χ1v) is 18.7. The highest BCUT2D eigenvalue weighted by Crippen LogP contribution is 2.48. The predicted molar refractivity (Wildman–Crippen MR) is 204 cm³/mol. The molecule has 2 aliphatic carbocycles. The quantitative estimate of drug-likeness (QED) is 0.0793. The van der Waals surface area contributed by atoms with Crippen LogP contribution in [0.4, 0.5) is 35.5 Å². The first kappa shape index (κ1) is 43.4. The summed E-state index contributed by atoms with van der Waals surface area (Å²) in [7, 11) is 1.13. The number of ketones is 1. The van der Waals surface area contributed by atoms with Gasteiger partial charge >= 0.3 is 24.2 Å². The SMILES string of the molecule is COC(=O)[C@@H](CCNC(=O)C(=O)CCC1(NC(=O)OC(C)(C)C)CC1)NC(=O)c1ccc(Nc2nc(NC3(c4ccc(Cl)cc4)CC3)nc(OCC(F)(F)F)n2)cc1. The lowest BCUT2D eigenvalue weighted by atomic mass is 10.1. The number of aromatic nitrogens is 3. The Kier molecular flexibility index (Phi) is 13.3. The van der Waals surface area contributed by atoms with Crippen LogP contribution in [0.2, 0.25) is 5.02 Å². The molecule has 16 nitrogen and oxygen atoms in total. The Hall–Kier alpha value is -5.72. The highest BCUT2D eigenvalue weighted by atomic mass is 35.5. The number of methoxy groups -OCH3 is 1. The Morgan fingerprint density at radius 2 is 1.55 bits per heavy atom. The van der Waals surface area contributed by atoms with Crippen molar-refractivity contribution in [3.63, 3.8) is 0 Å². The van der Waals surface area contributed by atoms with Crippen LogP contribution in [0.5, 0.6) is 6.01 Å². The van der Waals surface area contributed by atoms with Crippen molar-refractivity contribution in [2.75, 3.05) is 30.9 Å². The van der Waals surface area contributed by atoms with E-state index in [9.17, 15) is 37.1 Å². The first-order chi connectivity index (χ1) is 27.3. The van der Waals surface area contributed by atoms with Gasteiger partial charge in [0.25, 0.3) is 11.8 Å². The fourth-order valence-corrected chi connectivity index (χ4v) is 5.87. The summed E-state index contributed by atoms with van der Waals surface area (Å²) in [6.07, 6.45) is -2.50. The molecule has 0 bridgehead atoms. The van der Waals surface area contributed by atoms with Crippen LogP contribution in [0.3, 0.4) is 0 Å². The number of carbonyl (C=O) groups is 5. The number of Topliss-reactive ketones (excluding diaryl/α,β-unsaturated/α-hetero) is 1. The molecule has 5 rings (SSSR count). The van der Waals surface area contributed by atoms with Gasteiger partial charge in [-0.1, -0.05) is 23.7 Å². The van der Waals surface area contributed by atoms with Crippen LogP contribution in [0, 0.1) is 0 Å². The van der Waals surface area contributed by atoms with Gasteiger partial charge in [0, 0.05) is 34.8 Å². The van der Waals surface area contributed by atoms with Crippen LogP contribution in [-0.2, 0) is 29.4 Å². The monoisotopic (exact) mass is 832 g/mol. The molecule has 0 aliphatic heterocycles. The molecule has 58 heavy (non-hydrogen) atoms. The van der Waals surface area contributed by atoms with Crippen molar-refractivity contribution in [2.45, 2.75) is 94.6 Å². The molecule has 20 heteroatoms. The van der Waals surface area contributed by atoms with E-state index in [0.717, 1.165) is 12.7 Å². The fourth-order valence-electron chi connectivity index (χ4n) is 5.74. The smallest absolute Gasteiger partial charge is 0.422 e. The Bertz CT molecular complexity index is 1990. The average Bonchev–Trinajstić information content (AvgIpc) is 4.09. The first-order valence-electron chi connectivity index (χ1n) is 18.3. The van der Waals surface area contributed by atoms with Crippen LogP contribution in [0.1, 0.15) is 81.6 Å². The summed E-state index contributed by atoms with van der Waals surface area (Å²) in [5, 5.41) is 14.4. The fraction of sp³-hybridized carbons (Fsp3) is 0.474. The molecule has 1 atom stereocenters. The van der Waals surface area contributed by atoms with E-state index in [4.69, 9.17) is 25.8 Å². The van der Waals surface area contributed by atoms with Crippen molar-refractivity contribution in [1.82, 2.24) is 30.9 Å². The molecular formula is C38H44ClF3N8O8. The second kappa shape index (κ2) is 17.8. The van der Waals surface area contributed by atoms with Gasteiger partial charge in [-0.15, -0.1) is 0 Å². The van der Waals surface area contributed by atoms with E-state index in [1.807, 2.05) is 12.1 Å². The van der Waals surface area contributed by atoms with Gasteiger partial charge in [0.1, 0.15) is 11.6 Å². The van der Waals surface area contributed by atoms with Crippen LogP contribution in [0.15, 0.2) is 48.5 Å². The standard InChI is InChI=1S/C38H44ClF3N8O8/c1-35(2,3)58-34(55)50-36(16-17-36)15-13-27(51)29(53)43-20-14-26(30(54)56-4)45-28(52)22-5-11-25(12-6-22)44-31-46-32(48-33(47-31)57-21-38(40,41)42)49-37(18-19-37)23-7-9-24(39)10-8-23/h5-12,26H,13-21H2,1-4H3,(H,43,53)(H,45,52)(H,50,55)(H2,44,46,47,48,49)/t26-/m1/s1. The molecular weight excluding hydrogens is 789 g/mol. The van der Waals surface area contributed by atoms with Gasteiger partial charge in [-0.25, -0.2) is 9.59 Å². The molecule has 0 unspecified atom stereocenters. The summed E-state index contributed by atoms with van der Waals surface area (Å²) in [6.45, 7) is 3.43. The molecule has 1 heterocycles. The van der Waals surface area contributed by atoms with E-state index in [1.54, 1.807) is 32.9 Å². The normalized spacial score (nSPS) is 15.5.